The normalized spacial score (nSPS) is 11.2. The third-order valence-corrected chi connectivity index (χ3v) is 4.77. The lowest BCUT2D eigenvalue weighted by molar-refractivity contribution is -0.393. The minimum Gasteiger partial charge on any atom is -0.271 e. The van der Waals surface area contributed by atoms with Gasteiger partial charge in [0.05, 0.1) is 26.6 Å². The maximum atomic E-state index is 11.4. The molecule has 0 unspecified atom stereocenters. The van der Waals surface area contributed by atoms with Crippen LogP contribution in [0.15, 0.2) is 65.8 Å². The Bertz CT molecular complexity index is 1180. The Morgan fingerprint density at radius 2 is 1.67 bits per heavy atom. The van der Waals surface area contributed by atoms with Gasteiger partial charge in [0, 0.05) is 17.2 Å². The maximum absolute atomic E-state index is 11.4. The molecule has 30 heavy (non-hydrogen) atoms. The lowest BCUT2D eigenvalue weighted by atomic mass is 9.97. The van der Waals surface area contributed by atoms with E-state index in [9.17, 15) is 20.2 Å². The smallest absolute Gasteiger partial charge is 0.271 e. The first-order chi connectivity index (χ1) is 14.3. The fourth-order valence-corrected chi connectivity index (χ4v) is 3.22. The van der Waals surface area contributed by atoms with Crippen molar-refractivity contribution in [3.63, 3.8) is 0 Å². The molecule has 1 N–H and O–H groups in total. The molecular formula is C21H17ClN4O4. The monoisotopic (exact) mass is 424 g/mol. The SMILES string of the molecule is Cc1ccc(/C(=N/Nc2ccc([N+](=O)[O-])cc2[N+](=O)[O-])c2ccccc2Cl)c(C)c1. The first-order valence-corrected chi connectivity index (χ1v) is 9.25. The predicted octanol–water partition coefficient (Wildman–Crippen LogP) is 5.64. The molecule has 0 aliphatic heterocycles. The van der Waals surface area contributed by atoms with Gasteiger partial charge in [-0.3, -0.25) is 25.7 Å². The summed E-state index contributed by atoms with van der Waals surface area (Å²) in [5.41, 5.74) is 5.85. The minimum atomic E-state index is -0.697. The van der Waals surface area contributed by atoms with Crippen molar-refractivity contribution in [2.24, 2.45) is 5.10 Å². The van der Waals surface area contributed by atoms with Crippen molar-refractivity contribution >= 4 is 34.4 Å². The average molecular weight is 425 g/mol. The van der Waals surface area contributed by atoms with Crippen LogP contribution in [-0.2, 0) is 0 Å². The molecule has 0 fully saturated rings. The molecule has 0 spiro atoms. The molecule has 3 aromatic carbocycles. The first kappa shape index (κ1) is 20.9. The van der Waals surface area contributed by atoms with Crippen molar-refractivity contribution in [3.8, 4) is 0 Å². The molecule has 0 bridgehead atoms. The number of benzene rings is 3. The van der Waals surface area contributed by atoms with Gasteiger partial charge in [0.25, 0.3) is 5.69 Å². The van der Waals surface area contributed by atoms with Gasteiger partial charge in [-0.05, 0) is 31.5 Å². The Morgan fingerprint density at radius 3 is 2.30 bits per heavy atom. The van der Waals surface area contributed by atoms with Gasteiger partial charge in [-0.25, -0.2) is 0 Å². The molecule has 9 heteroatoms. The van der Waals surface area contributed by atoms with Gasteiger partial charge < -0.3 is 0 Å². The molecule has 0 atom stereocenters. The van der Waals surface area contributed by atoms with E-state index in [0.29, 0.717) is 16.3 Å². The lowest BCUT2D eigenvalue weighted by Crippen LogP contribution is -2.10. The summed E-state index contributed by atoms with van der Waals surface area (Å²) in [6, 6.07) is 16.3. The number of non-ortho nitro benzene ring substituents is 1. The minimum absolute atomic E-state index is 0.0277. The van der Waals surface area contributed by atoms with Gasteiger partial charge in [-0.15, -0.1) is 0 Å². The Balaban J connectivity index is 2.13. The van der Waals surface area contributed by atoms with Crippen LogP contribution in [0.2, 0.25) is 5.02 Å². The largest absolute Gasteiger partial charge is 0.301 e. The third-order valence-electron chi connectivity index (χ3n) is 4.44. The summed E-state index contributed by atoms with van der Waals surface area (Å²) in [5.74, 6) is 0. The van der Waals surface area contributed by atoms with Crippen LogP contribution in [0.3, 0.4) is 0 Å². The molecule has 0 radical (unpaired) electrons. The number of halogens is 1. The number of nitrogens with zero attached hydrogens (tertiary/aromatic N) is 3. The van der Waals surface area contributed by atoms with Crippen LogP contribution in [-0.4, -0.2) is 15.6 Å². The summed E-state index contributed by atoms with van der Waals surface area (Å²) in [6.45, 7) is 3.91. The molecule has 0 heterocycles. The van der Waals surface area contributed by atoms with Gasteiger partial charge in [0.1, 0.15) is 5.69 Å². The van der Waals surface area contributed by atoms with E-state index in [1.165, 1.54) is 12.1 Å². The number of nitrogens with one attached hydrogen (secondary N) is 1. The van der Waals surface area contributed by atoms with E-state index in [2.05, 4.69) is 10.5 Å². The molecule has 8 nitrogen and oxygen atoms in total. The van der Waals surface area contributed by atoms with Crippen molar-refractivity contribution in [2.45, 2.75) is 13.8 Å². The molecule has 0 aliphatic carbocycles. The second kappa shape index (κ2) is 8.71. The Kier molecular flexibility index (Phi) is 6.08. The maximum Gasteiger partial charge on any atom is 0.301 e. The van der Waals surface area contributed by atoms with E-state index in [0.717, 1.165) is 22.8 Å². The highest BCUT2D eigenvalue weighted by Crippen LogP contribution is 2.30. The number of aryl methyl sites for hydroxylation is 2. The van der Waals surface area contributed by atoms with Crippen molar-refractivity contribution in [1.82, 2.24) is 0 Å². The molecule has 0 saturated heterocycles. The molecule has 0 saturated carbocycles. The molecule has 0 amide bonds. The standard InChI is InChI=1S/C21H17ClN4O4/c1-13-7-9-16(14(2)11-13)21(17-5-3-4-6-18(17)22)24-23-19-10-8-15(25(27)28)12-20(19)26(29)30/h3-12,23H,1-2H3/b24-21-. The van der Waals surface area contributed by atoms with E-state index in [-0.39, 0.29) is 11.4 Å². The number of anilines is 1. The van der Waals surface area contributed by atoms with E-state index in [1.54, 1.807) is 18.2 Å². The zero-order valence-corrected chi connectivity index (χ0v) is 16.9. The molecule has 152 valence electrons. The quantitative estimate of drug-likeness (QED) is 0.313. The van der Waals surface area contributed by atoms with E-state index >= 15 is 0 Å². The molecule has 0 aromatic heterocycles. The molecule has 0 aliphatic rings. The zero-order valence-electron chi connectivity index (χ0n) is 16.1. The molecule has 3 aromatic rings. The number of hydrogen-bond acceptors (Lipinski definition) is 6. The second-order valence-electron chi connectivity index (χ2n) is 6.59. The first-order valence-electron chi connectivity index (χ1n) is 8.87. The highest BCUT2D eigenvalue weighted by Gasteiger charge is 2.20. The molecule has 3 rings (SSSR count). The summed E-state index contributed by atoms with van der Waals surface area (Å²) in [7, 11) is 0. The van der Waals surface area contributed by atoms with Crippen LogP contribution in [0.25, 0.3) is 0 Å². The van der Waals surface area contributed by atoms with Crippen LogP contribution in [0.5, 0.6) is 0 Å². The van der Waals surface area contributed by atoms with E-state index in [1.807, 2.05) is 38.1 Å². The van der Waals surface area contributed by atoms with E-state index in [4.69, 9.17) is 11.6 Å². The Labute approximate surface area is 177 Å². The highest BCUT2D eigenvalue weighted by molar-refractivity contribution is 6.35. The van der Waals surface area contributed by atoms with Gasteiger partial charge in [-0.2, -0.15) is 5.10 Å². The number of rotatable bonds is 6. The van der Waals surface area contributed by atoms with Crippen molar-refractivity contribution in [2.75, 3.05) is 5.43 Å². The van der Waals surface area contributed by atoms with Crippen molar-refractivity contribution in [3.05, 3.63) is 108 Å². The Hall–Kier alpha value is -3.78. The van der Waals surface area contributed by atoms with Gasteiger partial charge in [0.15, 0.2) is 0 Å². The predicted molar refractivity (Wildman–Crippen MR) is 116 cm³/mol. The zero-order chi connectivity index (χ0) is 21.8. The van der Waals surface area contributed by atoms with Crippen LogP contribution in [0.1, 0.15) is 22.3 Å². The summed E-state index contributed by atoms with van der Waals surface area (Å²) >= 11 is 6.38. The number of hydrogen-bond donors (Lipinski definition) is 1. The van der Waals surface area contributed by atoms with Crippen LogP contribution < -0.4 is 5.43 Å². The third kappa shape index (κ3) is 4.44. The number of nitro benzene ring substituents is 2. The topological polar surface area (TPSA) is 111 Å². The highest BCUT2D eigenvalue weighted by atomic mass is 35.5. The van der Waals surface area contributed by atoms with Gasteiger partial charge >= 0.3 is 5.69 Å². The summed E-state index contributed by atoms with van der Waals surface area (Å²) in [4.78, 5) is 21.0. The summed E-state index contributed by atoms with van der Waals surface area (Å²) in [6.07, 6.45) is 0. The van der Waals surface area contributed by atoms with Crippen molar-refractivity contribution < 1.29 is 9.85 Å². The number of hydrazone groups is 1. The average Bonchev–Trinajstić information content (AvgIpc) is 2.70. The Morgan fingerprint density at radius 1 is 0.933 bits per heavy atom. The molecular weight excluding hydrogens is 408 g/mol. The summed E-state index contributed by atoms with van der Waals surface area (Å²) in [5, 5.41) is 27.2. The number of nitro groups is 2. The van der Waals surface area contributed by atoms with Crippen molar-refractivity contribution in [1.29, 1.82) is 0 Å². The fraction of sp³-hybridized carbons (Fsp3) is 0.0952. The van der Waals surface area contributed by atoms with Crippen LogP contribution >= 0.6 is 11.6 Å². The van der Waals surface area contributed by atoms with Gasteiger partial charge in [0.2, 0.25) is 0 Å². The second-order valence-corrected chi connectivity index (χ2v) is 6.99. The van der Waals surface area contributed by atoms with Gasteiger partial charge in [-0.1, -0.05) is 53.6 Å². The summed E-state index contributed by atoms with van der Waals surface area (Å²) < 4.78 is 0. The van der Waals surface area contributed by atoms with Crippen LogP contribution in [0.4, 0.5) is 17.1 Å². The fourth-order valence-electron chi connectivity index (χ4n) is 2.99. The lowest BCUT2D eigenvalue weighted by Gasteiger charge is -2.13. The van der Waals surface area contributed by atoms with E-state index < -0.39 is 15.5 Å². The van der Waals surface area contributed by atoms with Crippen LogP contribution in [0, 0.1) is 34.1 Å².